The van der Waals surface area contributed by atoms with Gasteiger partial charge in [-0.15, -0.1) is 0 Å². The lowest BCUT2D eigenvalue weighted by atomic mass is 10.1. The van der Waals surface area contributed by atoms with Gasteiger partial charge in [0.05, 0.1) is 9.79 Å². The van der Waals surface area contributed by atoms with Gasteiger partial charge in [0.1, 0.15) is 11.8 Å². The van der Waals surface area contributed by atoms with Crippen LogP contribution in [0.3, 0.4) is 0 Å². The minimum absolute atomic E-state index is 0.0440. The van der Waals surface area contributed by atoms with Gasteiger partial charge < -0.3 is 14.8 Å². The van der Waals surface area contributed by atoms with Crippen LogP contribution in [0.5, 0.6) is 5.75 Å². The number of phenols is 1. The van der Waals surface area contributed by atoms with Crippen LogP contribution in [0.4, 0.5) is 0 Å². The molecule has 5 rings (SSSR count). The molecule has 3 aromatic rings. The molecular formula is C27H29Cl2N2O8PS2. The number of fused-ring (bicyclic) bond motifs is 6. The number of halogens is 2. The number of aryl methyl sites for hydroxylation is 1. The van der Waals surface area contributed by atoms with E-state index in [0.717, 1.165) is 24.1 Å². The molecule has 2 bridgehead atoms. The van der Waals surface area contributed by atoms with Gasteiger partial charge in [-0.25, -0.2) is 22.3 Å². The lowest BCUT2D eigenvalue weighted by Gasteiger charge is -2.35. The largest absolute Gasteiger partial charge is 0.508 e. The van der Waals surface area contributed by atoms with Crippen molar-refractivity contribution in [1.29, 1.82) is 0 Å². The van der Waals surface area contributed by atoms with E-state index in [1.165, 1.54) is 23.0 Å². The highest BCUT2D eigenvalue weighted by molar-refractivity contribution is 7.91. The number of rotatable bonds is 8. The summed E-state index contributed by atoms with van der Waals surface area (Å²) in [6.45, 7) is 1.44. The molecule has 10 nitrogen and oxygen atoms in total. The predicted molar refractivity (Wildman–Crippen MR) is 162 cm³/mol. The average Bonchev–Trinajstić information content (AvgIpc) is 2.95. The van der Waals surface area contributed by atoms with Crippen molar-refractivity contribution < 1.29 is 36.4 Å². The molecule has 2 aliphatic rings. The lowest BCUT2D eigenvalue weighted by Crippen LogP contribution is -2.49. The minimum atomic E-state index is -3.84. The summed E-state index contributed by atoms with van der Waals surface area (Å²) in [5.74, 6) is -1.45. The molecule has 2 aliphatic heterocycles. The van der Waals surface area contributed by atoms with Crippen LogP contribution in [0.1, 0.15) is 22.3 Å². The lowest BCUT2D eigenvalue weighted by molar-refractivity contribution is -0.140. The normalized spacial score (nSPS) is 18.7. The summed E-state index contributed by atoms with van der Waals surface area (Å²) in [4.78, 5) is 12.0. The summed E-state index contributed by atoms with van der Waals surface area (Å²) < 4.78 is 65.5. The van der Waals surface area contributed by atoms with Crippen molar-refractivity contribution in [2.75, 3.05) is 18.7 Å². The number of sulfone groups is 2. The van der Waals surface area contributed by atoms with Crippen LogP contribution in [-0.4, -0.2) is 62.5 Å². The van der Waals surface area contributed by atoms with E-state index in [1.54, 1.807) is 31.2 Å². The van der Waals surface area contributed by atoms with Gasteiger partial charge in [0.15, 0.2) is 27.0 Å². The Bertz CT molecular complexity index is 1780. The topological polar surface area (TPSA) is 158 Å². The van der Waals surface area contributed by atoms with Gasteiger partial charge in [0.25, 0.3) is 0 Å². The van der Waals surface area contributed by atoms with E-state index < -0.39 is 39.0 Å². The molecule has 0 saturated carbocycles. The smallest absolute Gasteiger partial charge is 0.322 e. The highest BCUT2D eigenvalue weighted by Crippen LogP contribution is 2.52. The van der Waals surface area contributed by atoms with Crippen LogP contribution in [-0.2, 0) is 48.4 Å². The molecule has 0 radical (unpaired) electrons. The third-order valence-corrected chi connectivity index (χ3v) is 13.1. The first kappa shape index (κ1) is 32.5. The van der Waals surface area contributed by atoms with E-state index in [4.69, 9.17) is 23.2 Å². The molecule has 42 heavy (non-hydrogen) atoms. The Morgan fingerprint density at radius 3 is 2.12 bits per heavy atom. The number of hydrogen-bond acceptors (Lipinski definition) is 8. The zero-order valence-corrected chi connectivity index (χ0v) is 26.9. The predicted octanol–water partition coefficient (Wildman–Crippen LogP) is 3.98. The molecule has 2 heterocycles. The standard InChI is InChI=1S/C27H29Cl2N2O8PS2/c1-16-25(32)5-4-6-26(16)40(35)8-7-17-11-22(28)21(23(29)12-17)15-31(40)30-24(27(33)34)13-18-9-19(41(2,36)37)14-20(10-18)42(3,38)39/h4-6,9-12,14,24,30,32H,7-8,13,15H2,1-3H3,(H,33,34). The SMILES string of the molecule is Cc1c(O)cccc1P1(=O)CCc2cc(Cl)c(c(Cl)c2)CN1NC(Cc1cc(S(C)(=O)=O)cc(S(C)(=O)=O)c1)C(=O)O. The summed E-state index contributed by atoms with van der Waals surface area (Å²) in [6.07, 6.45) is 1.79. The van der Waals surface area contributed by atoms with Crippen LogP contribution in [0.15, 0.2) is 58.3 Å². The van der Waals surface area contributed by atoms with Crippen LogP contribution < -0.4 is 10.7 Å². The number of phenolic OH excluding ortho intramolecular Hbond substituents is 1. The first-order valence-electron chi connectivity index (χ1n) is 12.6. The molecule has 0 aromatic heterocycles. The molecule has 0 saturated heterocycles. The third kappa shape index (κ3) is 6.86. The van der Waals surface area contributed by atoms with Gasteiger partial charge in [0, 0.05) is 51.7 Å². The number of carboxylic acids is 1. The van der Waals surface area contributed by atoms with Gasteiger partial charge >= 0.3 is 5.97 Å². The molecule has 0 aliphatic carbocycles. The van der Waals surface area contributed by atoms with Crippen molar-refractivity contribution in [2.24, 2.45) is 0 Å². The van der Waals surface area contributed by atoms with Crippen molar-refractivity contribution >= 4 is 61.4 Å². The molecule has 2 unspecified atom stereocenters. The number of carboxylic acid groups (broad SMARTS) is 1. The summed E-state index contributed by atoms with van der Waals surface area (Å²) >= 11 is 13.1. The second-order valence-corrected chi connectivity index (χ2v) is 17.9. The summed E-state index contributed by atoms with van der Waals surface area (Å²) in [5.41, 5.74) is 4.47. The minimum Gasteiger partial charge on any atom is -0.508 e. The summed E-state index contributed by atoms with van der Waals surface area (Å²) in [5, 5.41) is 21.6. The Labute approximate surface area is 254 Å². The fourth-order valence-electron chi connectivity index (χ4n) is 4.78. The van der Waals surface area contributed by atoms with E-state index in [1.807, 2.05) is 0 Å². The quantitative estimate of drug-likeness (QED) is 0.299. The Kier molecular flexibility index (Phi) is 9.21. The first-order chi connectivity index (χ1) is 19.4. The fourth-order valence-corrected chi connectivity index (χ4v) is 9.87. The maximum Gasteiger partial charge on any atom is 0.322 e. The number of hydrazine groups is 1. The molecular weight excluding hydrogens is 646 g/mol. The van der Waals surface area contributed by atoms with Crippen molar-refractivity contribution in [2.45, 2.75) is 42.1 Å². The second-order valence-electron chi connectivity index (χ2n) is 10.3. The highest BCUT2D eigenvalue weighted by Gasteiger charge is 2.39. The number of carbonyl (C=O) groups is 1. The van der Waals surface area contributed by atoms with E-state index in [9.17, 15) is 31.8 Å². The molecule has 0 fully saturated rings. The Hall–Kier alpha value is -2.44. The third-order valence-electron chi connectivity index (χ3n) is 7.09. The van der Waals surface area contributed by atoms with E-state index >= 15 is 4.57 Å². The van der Waals surface area contributed by atoms with Gasteiger partial charge in [-0.1, -0.05) is 29.3 Å². The average molecular weight is 676 g/mol. The zero-order valence-electron chi connectivity index (χ0n) is 22.8. The molecule has 15 heteroatoms. The molecule has 0 amide bonds. The number of nitrogens with one attached hydrogen (secondary N) is 1. The van der Waals surface area contributed by atoms with Crippen molar-refractivity contribution in [3.63, 3.8) is 0 Å². The van der Waals surface area contributed by atoms with Gasteiger partial charge in [-0.3, -0.25) is 4.79 Å². The molecule has 3 N–H and O–H groups in total. The van der Waals surface area contributed by atoms with Crippen molar-refractivity contribution in [3.8, 4) is 5.75 Å². The van der Waals surface area contributed by atoms with E-state index in [-0.39, 0.29) is 46.7 Å². The number of aliphatic carboxylic acids is 1. The van der Waals surface area contributed by atoms with Crippen LogP contribution >= 0.6 is 30.5 Å². The first-order valence-corrected chi connectivity index (χ1v) is 18.9. The van der Waals surface area contributed by atoms with Crippen molar-refractivity contribution in [3.05, 3.63) is 80.8 Å². The Morgan fingerprint density at radius 1 is 1.02 bits per heavy atom. The Balaban J connectivity index is 1.85. The number of nitrogens with zero attached hydrogens (tertiary/aromatic N) is 1. The number of aromatic hydroxyl groups is 1. The molecule has 226 valence electrons. The Morgan fingerprint density at radius 2 is 1.60 bits per heavy atom. The van der Waals surface area contributed by atoms with E-state index in [0.29, 0.717) is 26.5 Å². The van der Waals surface area contributed by atoms with Gasteiger partial charge in [-0.05, 0) is 73.4 Å². The highest BCUT2D eigenvalue weighted by atomic mass is 35.5. The number of hydrogen-bond donors (Lipinski definition) is 3. The summed E-state index contributed by atoms with van der Waals surface area (Å²) in [7, 11) is -11.4. The van der Waals surface area contributed by atoms with Gasteiger partial charge in [-0.2, -0.15) is 4.78 Å². The summed E-state index contributed by atoms with van der Waals surface area (Å²) in [6, 6.07) is 9.99. The maximum atomic E-state index is 15.0. The molecule has 2 atom stereocenters. The molecule has 3 aromatic carbocycles. The molecule has 0 spiro atoms. The maximum absolute atomic E-state index is 15.0. The van der Waals surface area contributed by atoms with Crippen molar-refractivity contribution in [1.82, 2.24) is 10.2 Å². The van der Waals surface area contributed by atoms with E-state index in [2.05, 4.69) is 5.43 Å². The van der Waals surface area contributed by atoms with Crippen LogP contribution in [0, 0.1) is 6.92 Å². The monoisotopic (exact) mass is 674 g/mol. The second kappa shape index (κ2) is 11.9. The van der Waals surface area contributed by atoms with Crippen LogP contribution in [0.2, 0.25) is 10.0 Å². The fraction of sp³-hybridized carbons (Fsp3) is 0.296. The van der Waals surface area contributed by atoms with Gasteiger partial charge in [0.2, 0.25) is 0 Å². The van der Waals surface area contributed by atoms with Crippen LogP contribution in [0.25, 0.3) is 0 Å². The number of benzene rings is 3. The zero-order chi connectivity index (χ0) is 31.2.